The summed E-state index contributed by atoms with van der Waals surface area (Å²) in [6.45, 7) is 2.84. The van der Waals surface area contributed by atoms with Gasteiger partial charge in [-0.05, 0) is 19.8 Å². The van der Waals surface area contributed by atoms with Gasteiger partial charge in [0.05, 0.1) is 13.7 Å². The van der Waals surface area contributed by atoms with Crippen LogP contribution in [0.3, 0.4) is 0 Å². The summed E-state index contributed by atoms with van der Waals surface area (Å²) in [5.41, 5.74) is 0.864. The minimum atomic E-state index is -2.59. The van der Waals surface area contributed by atoms with E-state index in [1.54, 1.807) is 11.0 Å². The Morgan fingerprint density at radius 1 is 1.26 bits per heavy atom. The highest BCUT2D eigenvalue weighted by atomic mass is 32.1. The largest absolute Gasteiger partial charge is 0.472 e. The van der Waals surface area contributed by atoms with Crippen LogP contribution in [-0.4, -0.2) is 64.2 Å². The monoisotopic (exact) mass is 453 g/mol. The third kappa shape index (κ3) is 5.38. The van der Waals surface area contributed by atoms with E-state index in [2.05, 4.69) is 20.3 Å². The summed E-state index contributed by atoms with van der Waals surface area (Å²) >= 11 is 1.43. The van der Waals surface area contributed by atoms with Crippen LogP contribution in [-0.2, 0) is 4.74 Å². The number of hydrogen-bond acceptors (Lipinski definition) is 8. The number of rotatable bonds is 5. The van der Waals surface area contributed by atoms with Gasteiger partial charge in [-0.2, -0.15) is 4.98 Å². The van der Waals surface area contributed by atoms with Gasteiger partial charge < -0.3 is 19.7 Å². The van der Waals surface area contributed by atoms with E-state index < -0.39 is 5.92 Å². The number of aromatic nitrogens is 3. The summed E-state index contributed by atoms with van der Waals surface area (Å²) in [5, 5.41) is 5.83. The number of nitrogens with one attached hydrogen (secondary N) is 1. The molecule has 0 spiro atoms. The van der Waals surface area contributed by atoms with Crippen molar-refractivity contribution in [1.82, 2.24) is 19.9 Å². The molecule has 2 aliphatic rings. The van der Waals surface area contributed by atoms with Crippen LogP contribution < -0.4 is 10.1 Å². The van der Waals surface area contributed by atoms with Gasteiger partial charge in [0.25, 0.3) is 0 Å². The van der Waals surface area contributed by atoms with Gasteiger partial charge in [0.15, 0.2) is 10.8 Å². The van der Waals surface area contributed by atoms with Crippen molar-refractivity contribution in [2.24, 2.45) is 0 Å². The standard InChI is InChI=1S/C20H25F2N5O3S/c1-12-11-31-18(23-12)17-25-15(24-13-3-6-20(21,22)7-4-13)9-16(26-17)30-14-5-8-27(10-14)19(28)29-2/h9,11,13-14H,3-8,10H2,1-2H3,(H,24,25,26). The highest BCUT2D eigenvalue weighted by Gasteiger charge is 2.35. The lowest BCUT2D eigenvalue weighted by Gasteiger charge is -2.29. The molecular weight excluding hydrogens is 428 g/mol. The molecule has 2 aromatic rings. The molecule has 1 amide bonds. The first-order chi connectivity index (χ1) is 14.8. The number of anilines is 1. The summed E-state index contributed by atoms with van der Waals surface area (Å²) < 4.78 is 37.8. The first kappa shape index (κ1) is 21.7. The molecule has 4 rings (SSSR count). The number of nitrogens with zero attached hydrogens (tertiary/aromatic N) is 4. The minimum Gasteiger partial charge on any atom is -0.472 e. The molecule has 1 saturated carbocycles. The molecule has 2 aromatic heterocycles. The molecule has 2 fully saturated rings. The lowest BCUT2D eigenvalue weighted by Crippen LogP contribution is -2.32. The number of carbonyl (C=O) groups is 1. The average molecular weight is 454 g/mol. The number of ether oxygens (including phenoxy) is 2. The second-order valence-electron chi connectivity index (χ2n) is 7.93. The fourth-order valence-corrected chi connectivity index (χ4v) is 4.52. The van der Waals surface area contributed by atoms with Crippen molar-refractivity contribution >= 4 is 23.2 Å². The molecule has 1 saturated heterocycles. The zero-order chi connectivity index (χ0) is 22.0. The van der Waals surface area contributed by atoms with Crippen LogP contribution in [0.25, 0.3) is 10.8 Å². The highest BCUT2D eigenvalue weighted by molar-refractivity contribution is 7.13. The molecule has 1 aliphatic heterocycles. The molecular formula is C20H25F2N5O3S. The third-order valence-corrected chi connectivity index (χ3v) is 6.40. The van der Waals surface area contributed by atoms with E-state index in [9.17, 15) is 13.6 Å². The number of methoxy groups -OCH3 is 1. The number of likely N-dealkylation sites (tertiary alicyclic amines) is 1. The quantitative estimate of drug-likeness (QED) is 0.728. The Labute approximate surface area is 183 Å². The van der Waals surface area contributed by atoms with Crippen molar-refractivity contribution in [3.63, 3.8) is 0 Å². The maximum Gasteiger partial charge on any atom is 0.409 e. The molecule has 11 heteroatoms. The Morgan fingerprint density at radius 3 is 2.71 bits per heavy atom. The predicted molar refractivity (Wildman–Crippen MR) is 112 cm³/mol. The lowest BCUT2D eigenvalue weighted by atomic mass is 9.92. The number of aryl methyl sites for hydroxylation is 1. The SMILES string of the molecule is COC(=O)N1CCC(Oc2cc(NC3CCC(F)(F)CC3)nc(-c3nc(C)cs3)n2)C1. The summed E-state index contributed by atoms with van der Waals surface area (Å²) in [6, 6.07) is 1.59. The average Bonchev–Trinajstić information content (AvgIpc) is 3.38. The number of amides is 1. The van der Waals surface area contributed by atoms with Gasteiger partial charge in [0, 0.05) is 49.0 Å². The highest BCUT2D eigenvalue weighted by Crippen LogP contribution is 2.34. The smallest absolute Gasteiger partial charge is 0.409 e. The Bertz CT molecular complexity index is 931. The van der Waals surface area contributed by atoms with Crippen LogP contribution in [0.5, 0.6) is 5.88 Å². The van der Waals surface area contributed by atoms with Crippen molar-refractivity contribution in [3.05, 3.63) is 17.1 Å². The van der Waals surface area contributed by atoms with E-state index in [1.807, 2.05) is 12.3 Å². The van der Waals surface area contributed by atoms with Gasteiger partial charge in [0.1, 0.15) is 11.9 Å². The fraction of sp³-hybridized carbons (Fsp3) is 0.600. The van der Waals surface area contributed by atoms with Crippen LogP contribution in [0, 0.1) is 6.92 Å². The van der Waals surface area contributed by atoms with E-state index in [0.29, 0.717) is 54.9 Å². The van der Waals surface area contributed by atoms with Crippen molar-refractivity contribution in [1.29, 1.82) is 0 Å². The molecule has 0 bridgehead atoms. The van der Waals surface area contributed by atoms with Crippen LogP contribution in [0.15, 0.2) is 11.4 Å². The van der Waals surface area contributed by atoms with Crippen molar-refractivity contribution in [2.45, 2.75) is 57.1 Å². The number of thiazole rings is 1. The molecule has 1 unspecified atom stereocenters. The molecule has 1 N–H and O–H groups in total. The topological polar surface area (TPSA) is 89.5 Å². The van der Waals surface area contributed by atoms with Gasteiger partial charge in [-0.1, -0.05) is 0 Å². The number of carbonyl (C=O) groups excluding carboxylic acids is 1. The zero-order valence-corrected chi connectivity index (χ0v) is 18.3. The maximum absolute atomic E-state index is 13.5. The van der Waals surface area contributed by atoms with E-state index in [4.69, 9.17) is 9.47 Å². The zero-order valence-electron chi connectivity index (χ0n) is 17.4. The molecule has 3 heterocycles. The molecule has 8 nitrogen and oxygen atoms in total. The van der Waals surface area contributed by atoms with Crippen molar-refractivity contribution in [3.8, 4) is 16.7 Å². The normalized spacial score (nSPS) is 21.2. The second kappa shape index (κ2) is 8.89. The summed E-state index contributed by atoms with van der Waals surface area (Å²) in [5.74, 6) is -1.29. The molecule has 31 heavy (non-hydrogen) atoms. The van der Waals surface area contributed by atoms with Crippen molar-refractivity contribution < 1.29 is 23.0 Å². The second-order valence-corrected chi connectivity index (χ2v) is 8.79. The van der Waals surface area contributed by atoms with E-state index >= 15 is 0 Å². The maximum atomic E-state index is 13.5. The summed E-state index contributed by atoms with van der Waals surface area (Å²) in [7, 11) is 1.35. The van der Waals surface area contributed by atoms with Gasteiger partial charge in [-0.15, -0.1) is 11.3 Å². The van der Waals surface area contributed by atoms with E-state index in [-0.39, 0.29) is 31.1 Å². The minimum absolute atomic E-state index is 0.0884. The van der Waals surface area contributed by atoms with Crippen LogP contribution in [0.2, 0.25) is 0 Å². The van der Waals surface area contributed by atoms with Gasteiger partial charge in [-0.3, -0.25) is 0 Å². The summed E-state index contributed by atoms with van der Waals surface area (Å²) in [4.78, 5) is 26.8. The Balaban J connectivity index is 1.52. The predicted octanol–water partition coefficient (Wildman–Crippen LogP) is 4.12. The van der Waals surface area contributed by atoms with E-state index in [1.165, 1.54) is 18.4 Å². The van der Waals surface area contributed by atoms with Gasteiger partial charge in [-0.25, -0.2) is 23.5 Å². The van der Waals surface area contributed by atoms with Crippen molar-refractivity contribution in [2.75, 3.05) is 25.5 Å². The lowest BCUT2D eigenvalue weighted by molar-refractivity contribution is -0.0361. The fourth-order valence-electron chi connectivity index (χ4n) is 3.80. The Hall–Kier alpha value is -2.56. The van der Waals surface area contributed by atoms with Gasteiger partial charge >= 0.3 is 6.09 Å². The van der Waals surface area contributed by atoms with Crippen LogP contribution in [0.1, 0.15) is 37.8 Å². The Kier molecular flexibility index (Phi) is 6.22. The first-order valence-electron chi connectivity index (χ1n) is 10.3. The molecule has 0 radical (unpaired) electrons. The molecule has 0 aromatic carbocycles. The van der Waals surface area contributed by atoms with Crippen LogP contribution >= 0.6 is 11.3 Å². The number of halogens is 2. The summed E-state index contributed by atoms with van der Waals surface area (Å²) in [6.07, 6.45) is 0.521. The first-order valence-corrected chi connectivity index (χ1v) is 11.1. The van der Waals surface area contributed by atoms with Crippen LogP contribution in [0.4, 0.5) is 19.4 Å². The molecule has 1 aliphatic carbocycles. The third-order valence-electron chi connectivity index (χ3n) is 5.45. The molecule has 168 valence electrons. The number of alkyl halides is 2. The number of hydrogen-bond donors (Lipinski definition) is 1. The molecule has 1 atom stereocenters. The van der Waals surface area contributed by atoms with E-state index in [0.717, 1.165) is 5.69 Å². The Morgan fingerprint density at radius 2 is 2.03 bits per heavy atom. The van der Waals surface area contributed by atoms with Gasteiger partial charge in [0.2, 0.25) is 11.8 Å².